The van der Waals surface area contributed by atoms with Gasteiger partial charge in [0.15, 0.2) is 0 Å². The summed E-state index contributed by atoms with van der Waals surface area (Å²) in [5, 5.41) is 11.2. The van der Waals surface area contributed by atoms with Crippen molar-refractivity contribution in [2.24, 2.45) is 0 Å². The molecule has 1 aliphatic rings. The van der Waals surface area contributed by atoms with Gasteiger partial charge < -0.3 is 0 Å². The van der Waals surface area contributed by atoms with Crippen molar-refractivity contribution >= 4 is 23.1 Å². The lowest BCUT2D eigenvalue weighted by Crippen LogP contribution is -2.30. The van der Waals surface area contributed by atoms with Crippen molar-refractivity contribution in [3.05, 3.63) is 85.4 Å². The molecule has 0 atom stereocenters. The number of hydrogen-bond donors (Lipinski definition) is 0. The maximum absolute atomic E-state index is 12.6. The van der Waals surface area contributed by atoms with Crippen LogP contribution in [0.2, 0.25) is 0 Å². The molecule has 9 heteroatoms. The average molecular weight is 364 g/mol. The third-order valence-electron chi connectivity index (χ3n) is 4.35. The van der Waals surface area contributed by atoms with Gasteiger partial charge in [-0.1, -0.05) is 12.1 Å². The maximum atomic E-state index is 12.6. The fourth-order valence-corrected chi connectivity index (χ4v) is 3.11. The van der Waals surface area contributed by atoms with Crippen molar-refractivity contribution in [3.8, 4) is 0 Å². The Morgan fingerprint density at radius 1 is 1.11 bits per heavy atom. The van der Waals surface area contributed by atoms with Crippen LogP contribution in [0.3, 0.4) is 0 Å². The van der Waals surface area contributed by atoms with Gasteiger partial charge in [-0.2, -0.15) is 0 Å². The molecule has 9 nitrogen and oxygen atoms in total. The Labute approximate surface area is 151 Å². The van der Waals surface area contributed by atoms with Gasteiger partial charge in [0.1, 0.15) is 11.2 Å². The lowest BCUT2D eigenvalue weighted by molar-refractivity contribution is -0.385. The van der Waals surface area contributed by atoms with Crippen LogP contribution in [0.25, 0.3) is 5.65 Å². The third kappa shape index (κ3) is 2.56. The normalized spacial score (nSPS) is 13.3. The Morgan fingerprint density at radius 3 is 2.63 bits per heavy atom. The number of fused-ring (bicyclic) bond motifs is 2. The number of nitro groups is 1. The van der Waals surface area contributed by atoms with E-state index in [0.717, 1.165) is 10.5 Å². The molecule has 27 heavy (non-hydrogen) atoms. The quantitative estimate of drug-likeness (QED) is 0.397. The van der Waals surface area contributed by atoms with Gasteiger partial charge in [0.05, 0.1) is 22.7 Å². The summed E-state index contributed by atoms with van der Waals surface area (Å²) >= 11 is 0. The van der Waals surface area contributed by atoms with Crippen molar-refractivity contribution in [1.82, 2.24) is 14.3 Å². The Morgan fingerprint density at radius 2 is 1.89 bits per heavy atom. The molecule has 3 aromatic rings. The highest BCUT2D eigenvalue weighted by molar-refractivity contribution is 6.23. The average Bonchev–Trinajstić information content (AvgIpc) is 2.87. The van der Waals surface area contributed by atoms with Crippen molar-refractivity contribution in [2.75, 3.05) is 0 Å². The van der Waals surface area contributed by atoms with Crippen LogP contribution in [0.1, 0.15) is 32.0 Å². The van der Waals surface area contributed by atoms with Crippen LogP contribution in [0.15, 0.2) is 47.4 Å². The number of aryl methyl sites for hydroxylation is 1. The second-order valence-electron chi connectivity index (χ2n) is 6.17. The van der Waals surface area contributed by atoms with Gasteiger partial charge in [-0.25, -0.2) is 4.98 Å². The number of carbonyl (C=O) groups excluding carboxylic acids is 2. The van der Waals surface area contributed by atoms with Gasteiger partial charge in [0.2, 0.25) is 0 Å². The lowest BCUT2D eigenvalue weighted by atomic mass is 10.1. The predicted molar refractivity (Wildman–Crippen MR) is 93.5 cm³/mol. The number of carbonyl (C=O) groups is 2. The van der Waals surface area contributed by atoms with Crippen LogP contribution < -0.4 is 5.56 Å². The number of amides is 2. The first-order chi connectivity index (χ1) is 12.9. The number of nitro benzene ring substituents is 1. The van der Waals surface area contributed by atoms with Crippen LogP contribution in [-0.4, -0.2) is 31.0 Å². The zero-order valence-electron chi connectivity index (χ0n) is 14.1. The van der Waals surface area contributed by atoms with Crippen LogP contribution in [0, 0.1) is 17.0 Å². The smallest absolute Gasteiger partial charge is 0.269 e. The molecule has 0 aliphatic carbocycles. The zero-order chi connectivity index (χ0) is 19.3. The van der Waals surface area contributed by atoms with Crippen molar-refractivity contribution < 1.29 is 14.5 Å². The van der Waals surface area contributed by atoms with E-state index in [1.165, 1.54) is 28.7 Å². The van der Waals surface area contributed by atoms with Crippen molar-refractivity contribution in [1.29, 1.82) is 0 Å². The molecular weight excluding hydrogens is 352 g/mol. The Hall–Kier alpha value is -3.88. The lowest BCUT2D eigenvalue weighted by Gasteiger charge is -2.13. The van der Waals surface area contributed by atoms with E-state index in [2.05, 4.69) is 4.98 Å². The summed E-state index contributed by atoms with van der Waals surface area (Å²) in [6, 6.07) is 8.59. The summed E-state index contributed by atoms with van der Waals surface area (Å²) in [5.41, 5.74) is 0.457. The summed E-state index contributed by atoms with van der Waals surface area (Å²) in [6.45, 7) is 1.59. The minimum Gasteiger partial charge on any atom is -0.269 e. The van der Waals surface area contributed by atoms with Gasteiger partial charge >= 0.3 is 0 Å². The molecular formula is C18H12N4O5. The zero-order valence-corrected chi connectivity index (χ0v) is 14.1. The van der Waals surface area contributed by atoms with Crippen molar-refractivity contribution in [3.63, 3.8) is 0 Å². The number of imide groups is 1. The predicted octanol–water partition coefficient (Wildman–Crippen LogP) is 1.71. The monoisotopic (exact) mass is 364 g/mol. The third-order valence-corrected chi connectivity index (χ3v) is 4.35. The maximum Gasteiger partial charge on any atom is 0.282 e. The molecule has 0 saturated heterocycles. The number of pyridine rings is 1. The number of benzene rings is 1. The van der Waals surface area contributed by atoms with Crippen molar-refractivity contribution in [2.45, 2.75) is 13.5 Å². The van der Waals surface area contributed by atoms with Crippen LogP contribution in [0.4, 0.5) is 5.69 Å². The largest absolute Gasteiger partial charge is 0.282 e. The molecule has 1 aliphatic heterocycles. The van der Waals surface area contributed by atoms with E-state index in [0.29, 0.717) is 5.65 Å². The minimum absolute atomic E-state index is 0.0256. The van der Waals surface area contributed by atoms with E-state index < -0.39 is 22.4 Å². The summed E-state index contributed by atoms with van der Waals surface area (Å²) in [5.74, 6) is -1.42. The molecule has 134 valence electrons. The molecule has 0 spiro atoms. The second-order valence-corrected chi connectivity index (χ2v) is 6.17. The summed E-state index contributed by atoms with van der Waals surface area (Å²) in [4.78, 5) is 53.1. The van der Waals surface area contributed by atoms with E-state index in [1.807, 2.05) is 6.92 Å². The number of aromatic nitrogens is 2. The molecule has 2 aromatic heterocycles. The van der Waals surface area contributed by atoms with Gasteiger partial charge in [0, 0.05) is 18.3 Å². The molecule has 3 heterocycles. The van der Waals surface area contributed by atoms with Gasteiger partial charge in [-0.05, 0) is 24.6 Å². The topological polar surface area (TPSA) is 115 Å². The fraction of sp³-hybridized carbons (Fsp3) is 0.111. The molecule has 0 fully saturated rings. The van der Waals surface area contributed by atoms with Crippen LogP contribution in [-0.2, 0) is 6.54 Å². The first-order valence-corrected chi connectivity index (χ1v) is 7.99. The van der Waals surface area contributed by atoms with E-state index in [4.69, 9.17) is 0 Å². The Kier molecular flexibility index (Phi) is 3.58. The number of rotatable bonds is 3. The Bertz CT molecular complexity index is 1210. The van der Waals surface area contributed by atoms with E-state index >= 15 is 0 Å². The first kappa shape index (κ1) is 16.6. The molecule has 0 N–H and O–H groups in total. The minimum atomic E-state index is -0.770. The standard InChI is InChI=1S/C18H12N4O5/c1-10-5-6-14-19-11(7-15(23)20(14)8-10)9-21-17(24)12-3-2-4-13(22(26)27)16(12)18(21)25/h2-8H,9H2,1H3. The Balaban J connectivity index is 1.75. The first-order valence-electron chi connectivity index (χ1n) is 7.99. The molecule has 1 aromatic carbocycles. The number of hydrogen-bond acceptors (Lipinski definition) is 6. The fourth-order valence-electron chi connectivity index (χ4n) is 3.11. The molecule has 0 unspecified atom stereocenters. The van der Waals surface area contributed by atoms with Gasteiger partial charge in [-0.15, -0.1) is 0 Å². The molecule has 0 radical (unpaired) electrons. The molecule has 0 saturated carbocycles. The molecule has 4 rings (SSSR count). The van der Waals surface area contributed by atoms with E-state index in [9.17, 15) is 24.5 Å². The highest BCUT2D eigenvalue weighted by Crippen LogP contribution is 2.31. The highest BCUT2D eigenvalue weighted by atomic mass is 16.6. The summed E-state index contributed by atoms with van der Waals surface area (Å²) < 4.78 is 1.37. The molecule has 2 amide bonds. The summed E-state index contributed by atoms with van der Waals surface area (Å²) in [6.07, 6.45) is 1.64. The van der Waals surface area contributed by atoms with Crippen LogP contribution >= 0.6 is 0 Å². The van der Waals surface area contributed by atoms with Gasteiger partial charge in [-0.3, -0.25) is 33.8 Å². The highest BCUT2D eigenvalue weighted by Gasteiger charge is 2.41. The SMILES string of the molecule is Cc1ccc2nc(CN3C(=O)c4cccc([N+](=O)[O-])c4C3=O)cc(=O)n2c1. The summed E-state index contributed by atoms with van der Waals surface area (Å²) in [7, 11) is 0. The van der Waals surface area contributed by atoms with Gasteiger partial charge in [0.25, 0.3) is 23.1 Å². The molecule has 0 bridgehead atoms. The number of nitrogens with zero attached hydrogens (tertiary/aromatic N) is 4. The van der Waals surface area contributed by atoms with E-state index in [1.54, 1.807) is 18.3 Å². The second kappa shape index (κ2) is 5.84. The van der Waals surface area contributed by atoms with E-state index in [-0.39, 0.29) is 28.9 Å². The van der Waals surface area contributed by atoms with Crippen LogP contribution in [0.5, 0.6) is 0 Å².